The van der Waals surface area contributed by atoms with E-state index in [4.69, 9.17) is 10.8 Å². The molecule has 1 atom stereocenters. The summed E-state index contributed by atoms with van der Waals surface area (Å²) in [5.41, 5.74) is 4.47. The summed E-state index contributed by atoms with van der Waals surface area (Å²) in [7, 11) is 0. The first-order valence-electron chi connectivity index (χ1n) is 5.04. The fraction of sp³-hybridized carbons (Fsp3) is 0.455. The highest BCUT2D eigenvalue weighted by atomic mass is 19.4. The van der Waals surface area contributed by atoms with E-state index in [2.05, 4.69) is 0 Å². The van der Waals surface area contributed by atoms with Crippen LogP contribution >= 0.6 is 0 Å². The van der Waals surface area contributed by atoms with E-state index >= 15 is 0 Å². The van der Waals surface area contributed by atoms with E-state index in [0.29, 0.717) is 6.07 Å². The number of hydrogen-bond acceptors (Lipinski definition) is 2. The van der Waals surface area contributed by atoms with Gasteiger partial charge in [0, 0.05) is 6.61 Å². The Morgan fingerprint density at radius 3 is 2.35 bits per heavy atom. The summed E-state index contributed by atoms with van der Waals surface area (Å²) in [6, 6.07) is 2.34. The van der Waals surface area contributed by atoms with Crippen molar-refractivity contribution in [2.75, 3.05) is 13.2 Å². The number of aliphatic hydroxyl groups excluding tert-OH is 1. The van der Waals surface area contributed by atoms with Crippen LogP contribution in [0.15, 0.2) is 18.2 Å². The molecule has 3 N–H and O–H groups in total. The van der Waals surface area contributed by atoms with Crippen LogP contribution in [-0.2, 0) is 12.6 Å². The number of nitrogens with two attached hydrogens (primary N) is 1. The number of hydrogen-bond donors (Lipinski definition) is 2. The van der Waals surface area contributed by atoms with Crippen LogP contribution < -0.4 is 5.73 Å². The normalized spacial score (nSPS) is 13.8. The van der Waals surface area contributed by atoms with Gasteiger partial charge in [0.25, 0.3) is 0 Å². The van der Waals surface area contributed by atoms with Crippen molar-refractivity contribution >= 4 is 0 Å². The van der Waals surface area contributed by atoms with E-state index in [0.717, 1.165) is 12.1 Å². The number of aliphatic hydroxyl groups is 1. The fourth-order valence-corrected chi connectivity index (χ4v) is 1.49. The molecule has 0 bridgehead atoms. The highest BCUT2D eigenvalue weighted by Crippen LogP contribution is 2.30. The van der Waals surface area contributed by atoms with Crippen LogP contribution in [0, 0.1) is 11.7 Å². The Kier molecular flexibility index (Phi) is 4.47. The lowest BCUT2D eigenvalue weighted by Gasteiger charge is -2.13. The van der Waals surface area contributed by atoms with Gasteiger partial charge in [-0.05, 0) is 42.6 Å². The lowest BCUT2D eigenvalue weighted by Crippen LogP contribution is -2.20. The second-order valence-corrected chi connectivity index (χ2v) is 3.83. The highest BCUT2D eigenvalue weighted by molar-refractivity contribution is 5.27. The van der Waals surface area contributed by atoms with Crippen molar-refractivity contribution in [3.05, 3.63) is 35.1 Å². The average Bonchev–Trinajstić information content (AvgIpc) is 2.24. The van der Waals surface area contributed by atoms with Gasteiger partial charge < -0.3 is 10.8 Å². The molecule has 6 heteroatoms. The number of halogens is 4. The Bertz CT molecular complexity index is 374. The summed E-state index contributed by atoms with van der Waals surface area (Å²) in [4.78, 5) is 0. The van der Waals surface area contributed by atoms with Crippen molar-refractivity contribution in [1.82, 2.24) is 0 Å². The molecule has 17 heavy (non-hydrogen) atoms. The Hall–Kier alpha value is -1.14. The number of alkyl halides is 3. The lowest BCUT2D eigenvalue weighted by atomic mass is 9.98. The second kappa shape index (κ2) is 5.46. The monoisotopic (exact) mass is 251 g/mol. The maximum Gasteiger partial charge on any atom is 0.416 e. The molecule has 0 aromatic heterocycles. The molecule has 96 valence electrons. The van der Waals surface area contributed by atoms with E-state index in [-0.39, 0.29) is 31.1 Å². The molecule has 0 saturated heterocycles. The zero-order chi connectivity index (χ0) is 13.1. The molecule has 0 aliphatic heterocycles. The molecular weight excluding hydrogens is 238 g/mol. The SMILES string of the molecule is NCC(CO)Cc1cc(F)cc(C(F)(F)F)c1. The van der Waals surface area contributed by atoms with Crippen LogP contribution in [0.2, 0.25) is 0 Å². The quantitative estimate of drug-likeness (QED) is 0.803. The molecular formula is C11H13F4NO. The highest BCUT2D eigenvalue weighted by Gasteiger charge is 2.31. The Labute approximate surface area is 96.1 Å². The van der Waals surface area contributed by atoms with E-state index in [9.17, 15) is 17.6 Å². The molecule has 0 aliphatic rings. The second-order valence-electron chi connectivity index (χ2n) is 3.83. The first kappa shape index (κ1) is 13.9. The Morgan fingerprint density at radius 2 is 1.88 bits per heavy atom. The third-order valence-corrected chi connectivity index (χ3v) is 2.40. The van der Waals surface area contributed by atoms with Crippen LogP contribution in [0.4, 0.5) is 17.6 Å². The number of benzene rings is 1. The Morgan fingerprint density at radius 1 is 1.24 bits per heavy atom. The van der Waals surface area contributed by atoms with Crippen molar-refractivity contribution in [3.63, 3.8) is 0 Å². The van der Waals surface area contributed by atoms with Gasteiger partial charge in [-0.1, -0.05) is 0 Å². The van der Waals surface area contributed by atoms with Crippen molar-refractivity contribution in [3.8, 4) is 0 Å². The molecule has 1 rings (SSSR count). The van der Waals surface area contributed by atoms with Crippen LogP contribution in [0.5, 0.6) is 0 Å². The van der Waals surface area contributed by atoms with Crippen LogP contribution in [-0.4, -0.2) is 18.3 Å². The average molecular weight is 251 g/mol. The zero-order valence-electron chi connectivity index (χ0n) is 8.97. The predicted molar refractivity (Wildman–Crippen MR) is 54.7 cm³/mol. The lowest BCUT2D eigenvalue weighted by molar-refractivity contribution is -0.137. The van der Waals surface area contributed by atoms with Crippen molar-refractivity contribution in [1.29, 1.82) is 0 Å². The molecule has 0 amide bonds. The molecule has 0 spiro atoms. The minimum atomic E-state index is -4.58. The minimum absolute atomic E-state index is 0.119. The molecule has 1 aromatic carbocycles. The zero-order valence-corrected chi connectivity index (χ0v) is 8.97. The first-order valence-corrected chi connectivity index (χ1v) is 5.04. The third kappa shape index (κ3) is 3.98. The van der Waals surface area contributed by atoms with Crippen molar-refractivity contribution in [2.45, 2.75) is 12.6 Å². The first-order chi connectivity index (χ1) is 7.86. The molecule has 0 radical (unpaired) electrons. The van der Waals surface area contributed by atoms with Gasteiger partial charge in [0.2, 0.25) is 0 Å². The van der Waals surface area contributed by atoms with Gasteiger partial charge in [-0.25, -0.2) is 4.39 Å². The summed E-state index contributed by atoms with van der Waals surface area (Å²) in [5.74, 6) is -1.30. The number of rotatable bonds is 4. The summed E-state index contributed by atoms with van der Waals surface area (Å²) >= 11 is 0. The molecule has 0 fully saturated rings. The summed E-state index contributed by atoms with van der Waals surface area (Å²) in [5, 5.41) is 8.89. The van der Waals surface area contributed by atoms with Gasteiger partial charge in [-0.2, -0.15) is 13.2 Å². The van der Waals surface area contributed by atoms with Crippen LogP contribution in [0.25, 0.3) is 0 Å². The molecule has 0 heterocycles. The molecule has 0 aliphatic carbocycles. The smallest absolute Gasteiger partial charge is 0.396 e. The van der Waals surface area contributed by atoms with Gasteiger partial charge in [0.1, 0.15) is 5.82 Å². The van der Waals surface area contributed by atoms with Crippen molar-refractivity contribution < 1.29 is 22.7 Å². The van der Waals surface area contributed by atoms with E-state index in [1.807, 2.05) is 0 Å². The van der Waals surface area contributed by atoms with Gasteiger partial charge in [-0.15, -0.1) is 0 Å². The molecule has 2 nitrogen and oxygen atoms in total. The summed E-state index contributed by atoms with van der Waals surface area (Å²) in [6.45, 7) is -0.108. The molecule has 1 aromatic rings. The predicted octanol–water partition coefficient (Wildman–Crippen LogP) is 1.95. The van der Waals surface area contributed by atoms with Crippen LogP contribution in [0.3, 0.4) is 0 Å². The summed E-state index contributed by atoms with van der Waals surface area (Å²) < 4.78 is 50.2. The van der Waals surface area contributed by atoms with Gasteiger partial charge in [0.05, 0.1) is 5.56 Å². The largest absolute Gasteiger partial charge is 0.416 e. The maximum atomic E-state index is 13.0. The van der Waals surface area contributed by atoms with Crippen LogP contribution in [0.1, 0.15) is 11.1 Å². The fourth-order valence-electron chi connectivity index (χ4n) is 1.49. The van der Waals surface area contributed by atoms with E-state index < -0.39 is 17.6 Å². The Balaban J connectivity index is 2.97. The molecule has 0 saturated carbocycles. The topological polar surface area (TPSA) is 46.2 Å². The van der Waals surface area contributed by atoms with Gasteiger partial charge in [-0.3, -0.25) is 0 Å². The third-order valence-electron chi connectivity index (χ3n) is 2.40. The van der Waals surface area contributed by atoms with E-state index in [1.54, 1.807) is 0 Å². The van der Waals surface area contributed by atoms with E-state index in [1.165, 1.54) is 0 Å². The maximum absolute atomic E-state index is 13.0. The van der Waals surface area contributed by atoms with Crippen molar-refractivity contribution in [2.24, 2.45) is 11.7 Å². The minimum Gasteiger partial charge on any atom is -0.396 e. The van der Waals surface area contributed by atoms with Gasteiger partial charge in [0.15, 0.2) is 0 Å². The summed E-state index contributed by atoms with van der Waals surface area (Å²) in [6.07, 6.45) is -4.46. The van der Waals surface area contributed by atoms with Gasteiger partial charge >= 0.3 is 6.18 Å². The molecule has 1 unspecified atom stereocenters. The standard InChI is InChI=1S/C11H13F4NO/c12-10-3-7(1-8(5-16)6-17)2-9(4-10)11(13,14)15/h2-4,8,17H,1,5-6,16H2.